The maximum Gasteiger partial charge on any atom is 0.232 e. The smallest absolute Gasteiger partial charge is 0.232 e. The normalized spacial score (nSPS) is 17.0. The lowest BCUT2D eigenvalue weighted by Crippen LogP contribution is -2.25. The van der Waals surface area contributed by atoms with Gasteiger partial charge in [0.1, 0.15) is 5.82 Å². The first kappa shape index (κ1) is 17.9. The van der Waals surface area contributed by atoms with Crippen molar-refractivity contribution in [3.05, 3.63) is 63.7 Å². The second kappa shape index (κ2) is 6.94. The molecule has 0 spiro atoms. The minimum atomic E-state index is -0.556. The molecule has 1 saturated heterocycles. The van der Waals surface area contributed by atoms with Crippen molar-refractivity contribution in [3.63, 3.8) is 0 Å². The van der Waals surface area contributed by atoms with Crippen LogP contribution in [-0.4, -0.2) is 22.6 Å². The van der Waals surface area contributed by atoms with Crippen molar-refractivity contribution < 1.29 is 13.7 Å². The average Bonchev–Trinajstić information content (AvgIpc) is 3.27. The van der Waals surface area contributed by atoms with Crippen LogP contribution in [0.25, 0.3) is 11.4 Å². The largest absolute Gasteiger partial charge is 0.339 e. The van der Waals surface area contributed by atoms with Gasteiger partial charge in [-0.2, -0.15) is 4.98 Å². The molecule has 2 aromatic carbocycles. The van der Waals surface area contributed by atoms with Crippen LogP contribution in [0.15, 0.2) is 40.9 Å². The minimum absolute atomic E-state index is 0.0244. The molecule has 0 saturated carbocycles. The van der Waals surface area contributed by atoms with Gasteiger partial charge in [-0.3, -0.25) is 4.79 Å². The Morgan fingerprint density at radius 1 is 1.22 bits per heavy atom. The quantitative estimate of drug-likeness (QED) is 0.614. The Morgan fingerprint density at radius 3 is 2.81 bits per heavy atom. The summed E-state index contributed by atoms with van der Waals surface area (Å²) in [4.78, 5) is 18.5. The molecule has 1 unspecified atom stereocenters. The highest BCUT2D eigenvalue weighted by Crippen LogP contribution is 2.35. The number of halogens is 3. The molecule has 0 aliphatic carbocycles. The van der Waals surface area contributed by atoms with Gasteiger partial charge < -0.3 is 9.42 Å². The number of carbonyl (C=O) groups excluding carboxylic acids is 1. The number of aromatic nitrogens is 2. The molecule has 0 bridgehead atoms. The standard InChI is InChI=1S/C19H14Cl2FN3O2/c1-10-13(20)3-2-4-16(10)25-9-12(8-17(25)26)19-23-18(24-27-19)11-5-6-14(21)15(22)7-11/h2-7,12H,8-9H2,1H3. The number of hydrogen-bond donors (Lipinski definition) is 0. The van der Waals surface area contributed by atoms with Gasteiger partial charge in [0, 0.05) is 29.2 Å². The van der Waals surface area contributed by atoms with E-state index < -0.39 is 5.82 Å². The van der Waals surface area contributed by atoms with E-state index >= 15 is 0 Å². The van der Waals surface area contributed by atoms with Crippen LogP contribution in [0.5, 0.6) is 0 Å². The Bertz CT molecular complexity index is 1040. The molecular weight excluding hydrogens is 392 g/mol. The first-order chi connectivity index (χ1) is 12.9. The molecule has 5 nitrogen and oxygen atoms in total. The van der Waals surface area contributed by atoms with Crippen LogP contribution in [0.2, 0.25) is 10.0 Å². The fourth-order valence-electron chi connectivity index (χ4n) is 3.15. The number of anilines is 1. The highest BCUT2D eigenvalue weighted by Gasteiger charge is 2.36. The first-order valence-electron chi connectivity index (χ1n) is 8.28. The molecule has 1 atom stereocenters. The van der Waals surface area contributed by atoms with Gasteiger partial charge in [-0.25, -0.2) is 4.39 Å². The topological polar surface area (TPSA) is 59.2 Å². The number of rotatable bonds is 3. The van der Waals surface area contributed by atoms with Crippen LogP contribution < -0.4 is 4.90 Å². The molecule has 2 heterocycles. The van der Waals surface area contributed by atoms with Crippen molar-refractivity contribution in [3.8, 4) is 11.4 Å². The van der Waals surface area contributed by atoms with Crippen LogP contribution in [0, 0.1) is 12.7 Å². The summed E-state index contributed by atoms with van der Waals surface area (Å²) < 4.78 is 19.0. The van der Waals surface area contributed by atoms with E-state index in [9.17, 15) is 9.18 Å². The van der Waals surface area contributed by atoms with Crippen molar-refractivity contribution in [1.29, 1.82) is 0 Å². The van der Waals surface area contributed by atoms with E-state index in [2.05, 4.69) is 10.1 Å². The lowest BCUT2D eigenvalue weighted by molar-refractivity contribution is -0.117. The highest BCUT2D eigenvalue weighted by molar-refractivity contribution is 6.32. The number of nitrogens with zero attached hydrogens (tertiary/aromatic N) is 3. The Morgan fingerprint density at radius 2 is 2.04 bits per heavy atom. The predicted octanol–water partition coefficient (Wildman–Crippen LogP) is 5.01. The van der Waals surface area contributed by atoms with Crippen molar-refractivity contribution >= 4 is 34.8 Å². The van der Waals surface area contributed by atoms with Gasteiger partial charge in [-0.05, 0) is 42.8 Å². The third-order valence-electron chi connectivity index (χ3n) is 4.62. The molecule has 0 radical (unpaired) electrons. The second-order valence-corrected chi connectivity index (χ2v) is 7.19. The predicted molar refractivity (Wildman–Crippen MR) is 101 cm³/mol. The third kappa shape index (κ3) is 3.31. The van der Waals surface area contributed by atoms with Gasteiger partial charge in [0.25, 0.3) is 0 Å². The Labute approximate surface area is 164 Å². The Balaban J connectivity index is 1.59. The molecular formula is C19H14Cl2FN3O2. The van der Waals surface area contributed by atoms with Crippen LogP contribution in [0.1, 0.15) is 23.8 Å². The van der Waals surface area contributed by atoms with Crippen LogP contribution in [0.4, 0.5) is 10.1 Å². The van der Waals surface area contributed by atoms with Crippen molar-refractivity contribution in [2.45, 2.75) is 19.3 Å². The minimum Gasteiger partial charge on any atom is -0.339 e. The number of carbonyl (C=O) groups is 1. The van der Waals surface area contributed by atoms with E-state index in [-0.39, 0.29) is 29.1 Å². The Hall–Kier alpha value is -2.44. The van der Waals surface area contributed by atoms with E-state index in [1.165, 1.54) is 12.1 Å². The van der Waals surface area contributed by atoms with Gasteiger partial charge in [0.05, 0.1) is 10.9 Å². The summed E-state index contributed by atoms with van der Waals surface area (Å²) in [6, 6.07) is 9.75. The van der Waals surface area contributed by atoms with Gasteiger partial charge in [-0.15, -0.1) is 0 Å². The van der Waals surface area contributed by atoms with E-state index in [0.29, 0.717) is 23.0 Å². The van der Waals surface area contributed by atoms with Crippen LogP contribution in [-0.2, 0) is 4.79 Å². The van der Waals surface area contributed by atoms with Gasteiger partial charge in [0.15, 0.2) is 0 Å². The molecule has 3 aromatic rings. The Kier molecular flexibility index (Phi) is 4.61. The fourth-order valence-corrected chi connectivity index (χ4v) is 3.43. The van der Waals surface area contributed by atoms with Gasteiger partial charge in [-0.1, -0.05) is 34.4 Å². The monoisotopic (exact) mass is 405 g/mol. The summed E-state index contributed by atoms with van der Waals surface area (Å²) in [6.07, 6.45) is 0.253. The zero-order chi connectivity index (χ0) is 19.1. The first-order valence-corrected chi connectivity index (χ1v) is 9.04. The molecule has 1 amide bonds. The van der Waals surface area contributed by atoms with Crippen molar-refractivity contribution in [2.24, 2.45) is 0 Å². The zero-order valence-electron chi connectivity index (χ0n) is 14.2. The molecule has 138 valence electrons. The van der Waals surface area contributed by atoms with E-state index in [1.807, 2.05) is 19.1 Å². The highest BCUT2D eigenvalue weighted by atomic mass is 35.5. The second-order valence-electron chi connectivity index (χ2n) is 6.37. The average molecular weight is 406 g/mol. The zero-order valence-corrected chi connectivity index (χ0v) is 15.8. The maximum absolute atomic E-state index is 13.7. The van der Waals surface area contributed by atoms with E-state index in [1.54, 1.807) is 17.0 Å². The molecule has 27 heavy (non-hydrogen) atoms. The summed E-state index contributed by atoms with van der Waals surface area (Å²) in [5, 5.41) is 4.54. The summed E-state index contributed by atoms with van der Waals surface area (Å²) in [5.74, 6) is -0.239. The summed E-state index contributed by atoms with van der Waals surface area (Å²) in [7, 11) is 0. The van der Waals surface area contributed by atoms with Crippen LogP contribution >= 0.6 is 23.2 Å². The van der Waals surface area contributed by atoms with Crippen molar-refractivity contribution in [2.75, 3.05) is 11.4 Å². The molecule has 0 N–H and O–H groups in total. The summed E-state index contributed by atoms with van der Waals surface area (Å²) in [5.41, 5.74) is 2.07. The molecule has 1 fully saturated rings. The van der Waals surface area contributed by atoms with E-state index in [4.69, 9.17) is 27.7 Å². The maximum atomic E-state index is 13.7. The number of benzene rings is 2. The number of amides is 1. The van der Waals surface area contributed by atoms with E-state index in [0.717, 1.165) is 11.3 Å². The molecule has 1 aliphatic rings. The third-order valence-corrected chi connectivity index (χ3v) is 5.34. The number of hydrogen-bond acceptors (Lipinski definition) is 4. The molecule has 8 heteroatoms. The van der Waals surface area contributed by atoms with Gasteiger partial charge in [0.2, 0.25) is 17.6 Å². The summed E-state index contributed by atoms with van der Waals surface area (Å²) >= 11 is 11.9. The molecule has 1 aliphatic heterocycles. The SMILES string of the molecule is Cc1c(Cl)cccc1N1CC(c2nc(-c3ccc(Cl)c(F)c3)no2)CC1=O. The summed E-state index contributed by atoms with van der Waals surface area (Å²) in [6.45, 7) is 2.29. The fraction of sp³-hybridized carbons (Fsp3) is 0.211. The van der Waals surface area contributed by atoms with Crippen molar-refractivity contribution in [1.82, 2.24) is 10.1 Å². The van der Waals surface area contributed by atoms with Crippen LogP contribution in [0.3, 0.4) is 0 Å². The molecule has 1 aromatic heterocycles. The van der Waals surface area contributed by atoms with Gasteiger partial charge >= 0.3 is 0 Å². The molecule has 4 rings (SSSR count). The lowest BCUT2D eigenvalue weighted by atomic mass is 10.1. The lowest BCUT2D eigenvalue weighted by Gasteiger charge is -2.19.